The Morgan fingerprint density at radius 3 is 2.50 bits per heavy atom. The number of carbonyl (C=O) groups excluding carboxylic acids is 2. The van der Waals surface area contributed by atoms with Gasteiger partial charge in [0.05, 0.1) is 12.8 Å². The second-order valence-electron chi connectivity index (χ2n) is 5.37. The number of ether oxygens (including phenoxy) is 1. The number of nitrogens with zero attached hydrogens (tertiary/aromatic N) is 1. The molecular weight excluding hydrogens is 308 g/mol. The number of methoxy groups -OCH3 is 1. The van der Waals surface area contributed by atoms with Gasteiger partial charge in [-0.15, -0.1) is 0 Å². The molecule has 0 saturated carbocycles. The van der Waals surface area contributed by atoms with Gasteiger partial charge >= 0.3 is 0 Å². The molecule has 2 N–H and O–H groups in total. The van der Waals surface area contributed by atoms with Crippen molar-refractivity contribution in [3.05, 3.63) is 59.2 Å². The summed E-state index contributed by atoms with van der Waals surface area (Å²) < 4.78 is 5.03. The molecule has 2 aromatic carbocycles. The van der Waals surface area contributed by atoms with E-state index in [2.05, 4.69) is 5.43 Å². The second-order valence-corrected chi connectivity index (χ2v) is 5.37. The normalized spacial score (nSPS) is 15.8. The number of benzene rings is 2. The summed E-state index contributed by atoms with van der Waals surface area (Å²) in [5, 5.41) is 11.3. The molecule has 0 bridgehead atoms. The van der Waals surface area contributed by atoms with Crippen LogP contribution in [0.4, 0.5) is 5.69 Å². The summed E-state index contributed by atoms with van der Waals surface area (Å²) in [7, 11) is 1.43. The third kappa shape index (κ3) is 2.69. The van der Waals surface area contributed by atoms with Gasteiger partial charge in [-0.2, -0.15) is 0 Å². The van der Waals surface area contributed by atoms with Crippen molar-refractivity contribution in [1.82, 2.24) is 5.43 Å². The number of hydrogen-bond acceptors (Lipinski definition) is 4. The van der Waals surface area contributed by atoms with Gasteiger partial charge in [0, 0.05) is 5.56 Å². The Hall–Kier alpha value is -3.28. The number of hydrazine groups is 1. The average molecular weight is 324 g/mol. The fourth-order valence-corrected chi connectivity index (χ4v) is 2.41. The summed E-state index contributed by atoms with van der Waals surface area (Å²) in [4.78, 5) is 24.7. The number of anilines is 1. The molecule has 0 aliphatic carbocycles. The van der Waals surface area contributed by atoms with E-state index in [9.17, 15) is 14.7 Å². The molecule has 0 aromatic heterocycles. The number of aryl methyl sites for hydroxylation is 1. The molecule has 2 amide bonds. The zero-order valence-electron chi connectivity index (χ0n) is 13.2. The van der Waals surface area contributed by atoms with Gasteiger partial charge in [0.2, 0.25) is 0 Å². The molecule has 1 heterocycles. The van der Waals surface area contributed by atoms with E-state index in [1.54, 1.807) is 30.3 Å². The highest BCUT2D eigenvalue weighted by atomic mass is 16.5. The number of rotatable bonds is 3. The van der Waals surface area contributed by atoms with Crippen LogP contribution in [0.25, 0.3) is 6.08 Å². The minimum absolute atomic E-state index is 0.0564. The van der Waals surface area contributed by atoms with E-state index >= 15 is 0 Å². The molecule has 1 aliphatic rings. The monoisotopic (exact) mass is 324 g/mol. The number of aromatic hydroxyl groups is 1. The fraction of sp³-hybridized carbons (Fsp3) is 0.111. The molecule has 6 heteroatoms. The molecule has 0 unspecified atom stereocenters. The van der Waals surface area contributed by atoms with Gasteiger partial charge in [-0.05, 0) is 31.2 Å². The summed E-state index contributed by atoms with van der Waals surface area (Å²) in [5.74, 6) is -0.860. The van der Waals surface area contributed by atoms with E-state index in [0.29, 0.717) is 11.3 Å². The SMILES string of the molecule is COc1cccc(C=C2C(=O)NN(c3ccc(C)cc3)C2=O)c1O. The average Bonchev–Trinajstić information content (AvgIpc) is 2.85. The van der Waals surface area contributed by atoms with Crippen molar-refractivity contribution in [3.63, 3.8) is 0 Å². The predicted octanol–water partition coefficient (Wildman–Crippen LogP) is 2.17. The molecule has 24 heavy (non-hydrogen) atoms. The Kier molecular flexibility index (Phi) is 3.95. The first-order valence-electron chi connectivity index (χ1n) is 7.31. The van der Waals surface area contributed by atoms with Crippen molar-refractivity contribution in [2.45, 2.75) is 6.92 Å². The van der Waals surface area contributed by atoms with Crippen LogP contribution in [-0.4, -0.2) is 24.0 Å². The van der Waals surface area contributed by atoms with Crippen molar-refractivity contribution < 1.29 is 19.4 Å². The van der Waals surface area contributed by atoms with Crippen molar-refractivity contribution in [2.24, 2.45) is 0 Å². The van der Waals surface area contributed by atoms with E-state index in [1.165, 1.54) is 18.2 Å². The molecule has 6 nitrogen and oxygen atoms in total. The molecule has 1 aliphatic heterocycles. The first-order valence-corrected chi connectivity index (χ1v) is 7.31. The van der Waals surface area contributed by atoms with E-state index < -0.39 is 11.8 Å². The van der Waals surface area contributed by atoms with E-state index in [0.717, 1.165) is 5.56 Å². The van der Waals surface area contributed by atoms with Gasteiger partial charge in [-0.1, -0.05) is 29.8 Å². The van der Waals surface area contributed by atoms with Crippen LogP contribution in [0, 0.1) is 6.92 Å². The van der Waals surface area contributed by atoms with E-state index in [1.807, 2.05) is 19.1 Å². The van der Waals surface area contributed by atoms with Crippen LogP contribution in [0.15, 0.2) is 48.0 Å². The van der Waals surface area contributed by atoms with Crippen LogP contribution in [0.5, 0.6) is 11.5 Å². The third-order valence-electron chi connectivity index (χ3n) is 3.73. The zero-order chi connectivity index (χ0) is 17.3. The maximum atomic E-state index is 12.5. The molecule has 1 fully saturated rings. The summed E-state index contributed by atoms with van der Waals surface area (Å²) in [5.41, 5.74) is 4.41. The van der Waals surface area contributed by atoms with Gasteiger partial charge in [0.1, 0.15) is 5.57 Å². The second kappa shape index (κ2) is 6.08. The maximum Gasteiger partial charge on any atom is 0.282 e. The van der Waals surface area contributed by atoms with Crippen molar-refractivity contribution in [1.29, 1.82) is 0 Å². The molecule has 0 radical (unpaired) electrons. The molecule has 0 atom stereocenters. The molecular formula is C18H16N2O4. The molecule has 0 spiro atoms. The fourth-order valence-electron chi connectivity index (χ4n) is 2.41. The quantitative estimate of drug-likeness (QED) is 0.670. The maximum absolute atomic E-state index is 12.5. The lowest BCUT2D eigenvalue weighted by atomic mass is 10.1. The van der Waals surface area contributed by atoms with Crippen molar-refractivity contribution in [3.8, 4) is 11.5 Å². The van der Waals surface area contributed by atoms with Crippen molar-refractivity contribution in [2.75, 3.05) is 12.1 Å². The van der Waals surface area contributed by atoms with Crippen LogP contribution in [-0.2, 0) is 9.59 Å². The Bertz CT molecular complexity index is 841. The summed E-state index contributed by atoms with van der Waals surface area (Å²) >= 11 is 0. The first-order chi connectivity index (χ1) is 11.5. The number of hydrogen-bond donors (Lipinski definition) is 2. The highest BCUT2D eigenvalue weighted by Gasteiger charge is 2.34. The Labute approximate surface area is 138 Å². The Morgan fingerprint density at radius 2 is 1.83 bits per heavy atom. The summed E-state index contributed by atoms with van der Waals surface area (Å²) in [6.45, 7) is 1.94. The smallest absolute Gasteiger partial charge is 0.282 e. The zero-order valence-corrected chi connectivity index (χ0v) is 13.2. The first kappa shape index (κ1) is 15.6. The lowest BCUT2D eigenvalue weighted by molar-refractivity contribution is -0.117. The number of phenolic OH excluding ortho intramolecular Hbond substituents is 1. The van der Waals surface area contributed by atoms with Crippen LogP contribution in [0.2, 0.25) is 0 Å². The van der Waals surface area contributed by atoms with Gasteiger partial charge < -0.3 is 9.84 Å². The van der Waals surface area contributed by atoms with E-state index in [-0.39, 0.29) is 17.1 Å². The predicted molar refractivity (Wildman–Crippen MR) is 89.4 cm³/mol. The Morgan fingerprint density at radius 1 is 1.12 bits per heavy atom. The van der Waals surface area contributed by atoms with Crippen molar-refractivity contribution >= 4 is 23.6 Å². The standard InChI is InChI=1S/C18H16N2O4/c1-11-6-8-13(9-7-11)20-18(23)14(17(22)19-20)10-12-4-3-5-15(24-2)16(12)21/h3-10,21H,1-2H3,(H,19,22). The van der Waals surface area contributed by atoms with Crippen LogP contribution >= 0.6 is 0 Å². The topological polar surface area (TPSA) is 78.9 Å². The molecule has 1 saturated heterocycles. The largest absolute Gasteiger partial charge is 0.504 e. The minimum Gasteiger partial charge on any atom is -0.504 e. The molecule has 122 valence electrons. The van der Waals surface area contributed by atoms with Crippen LogP contribution in [0.1, 0.15) is 11.1 Å². The highest BCUT2D eigenvalue weighted by Crippen LogP contribution is 2.32. The lowest BCUT2D eigenvalue weighted by Gasteiger charge is -2.14. The molecule has 3 rings (SSSR count). The lowest BCUT2D eigenvalue weighted by Crippen LogP contribution is -2.35. The molecule has 2 aromatic rings. The number of carbonyl (C=O) groups is 2. The van der Waals surface area contributed by atoms with Gasteiger partial charge in [-0.25, -0.2) is 5.01 Å². The number of nitrogens with one attached hydrogen (secondary N) is 1. The highest BCUT2D eigenvalue weighted by molar-refractivity contribution is 6.31. The van der Waals surface area contributed by atoms with Gasteiger partial charge in [-0.3, -0.25) is 15.0 Å². The Balaban J connectivity index is 1.96. The summed E-state index contributed by atoms with van der Waals surface area (Å²) in [6, 6.07) is 12.1. The number of amides is 2. The van der Waals surface area contributed by atoms with Crippen LogP contribution in [0.3, 0.4) is 0 Å². The summed E-state index contributed by atoms with van der Waals surface area (Å²) in [6.07, 6.45) is 1.35. The van der Waals surface area contributed by atoms with Gasteiger partial charge in [0.15, 0.2) is 11.5 Å². The number of phenols is 1. The number of para-hydroxylation sites is 1. The third-order valence-corrected chi connectivity index (χ3v) is 3.73. The van der Waals surface area contributed by atoms with Gasteiger partial charge in [0.25, 0.3) is 11.8 Å². The van der Waals surface area contributed by atoms with E-state index in [4.69, 9.17) is 4.74 Å². The van der Waals surface area contributed by atoms with Crippen LogP contribution < -0.4 is 15.2 Å². The minimum atomic E-state index is -0.525.